The zero-order valence-corrected chi connectivity index (χ0v) is 15.9. The van der Waals surface area contributed by atoms with Crippen molar-refractivity contribution in [2.45, 2.75) is 64.8 Å². The van der Waals surface area contributed by atoms with E-state index in [0.717, 1.165) is 17.7 Å². The normalized spacial score (nSPS) is 22.6. The summed E-state index contributed by atoms with van der Waals surface area (Å²) in [6.45, 7) is 9.01. The van der Waals surface area contributed by atoms with Crippen molar-refractivity contribution in [1.29, 1.82) is 0 Å². The second kappa shape index (κ2) is 7.59. The molecule has 0 radical (unpaired) electrons. The summed E-state index contributed by atoms with van der Waals surface area (Å²) in [5, 5.41) is 3.67. The van der Waals surface area contributed by atoms with Gasteiger partial charge in [-0.15, -0.1) is 0 Å². The smallest absolute Gasteiger partial charge is 0.128 e. The monoisotopic (exact) mass is 339 g/mol. The molecule has 2 heteroatoms. The van der Waals surface area contributed by atoms with E-state index in [1.165, 1.54) is 24.0 Å². The molecular weight excluding hydrogens is 309 g/mol. The van der Waals surface area contributed by atoms with Gasteiger partial charge in [0.25, 0.3) is 0 Å². The molecule has 0 unspecified atom stereocenters. The maximum absolute atomic E-state index is 14.5. The first-order valence-electron chi connectivity index (χ1n) is 9.67. The molecule has 0 spiro atoms. The number of unbranched alkanes of at least 4 members (excludes halogenated alkanes) is 1. The molecule has 1 nitrogen and oxygen atoms in total. The lowest BCUT2D eigenvalue weighted by molar-refractivity contribution is 0.335. The van der Waals surface area contributed by atoms with E-state index in [-0.39, 0.29) is 11.9 Å². The predicted molar refractivity (Wildman–Crippen MR) is 105 cm³/mol. The van der Waals surface area contributed by atoms with Gasteiger partial charge in [0.15, 0.2) is 0 Å². The average Bonchev–Trinajstić information content (AvgIpc) is 2.61. The highest BCUT2D eigenvalue weighted by Crippen LogP contribution is 2.47. The lowest BCUT2D eigenvalue weighted by Gasteiger charge is -2.40. The van der Waals surface area contributed by atoms with Gasteiger partial charge in [-0.25, -0.2) is 4.39 Å². The van der Waals surface area contributed by atoms with Crippen LogP contribution in [-0.4, -0.2) is 0 Å². The fourth-order valence-corrected chi connectivity index (χ4v) is 4.13. The molecule has 0 aliphatic carbocycles. The van der Waals surface area contributed by atoms with Crippen LogP contribution in [0.5, 0.6) is 0 Å². The summed E-state index contributed by atoms with van der Waals surface area (Å²) in [7, 11) is 0. The second-order valence-corrected chi connectivity index (χ2v) is 7.74. The van der Waals surface area contributed by atoms with Crippen LogP contribution in [-0.2, 0) is 0 Å². The lowest BCUT2D eigenvalue weighted by Crippen LogP contribution is -2.31. The number of rotatable bonds is 5. The van der Waals surface area contributed by atoms with E-state index in [4.69, 9.17) is 0 Å². The number of hydrogen-bond donors (Lipinski definition) is 1. The van der Waals surface area contributed by atoms with E-state index in [0.29, 0.717) is 17.8 Å². The van der Waals surface area contributed by atoms with E-state index < -0.39 is 0 Å². The summed E-state index contributed by atoms with van der Waals surface area (Å²) in [4.78, 5) is 0. The van der Waals surface area contributed by atoms with E-state index in [1.807, 2.05) is 12.1 Å². The molecule has 0 fully saturated rings. The maximum atomic E-state index is 14.5. The van der Waals surface area contributed by atoms with E-state index in [1.54, 1.807) is 12.1 Å². The summed E-state index contributed by atoms with van der Waals surface area (Å²) < 4.78 is 14.5. The summed E-state index contributed by atoms with van der Waals surface area (Å²) in [6.07, 6.45) is 3.47. The minimum Gasteiger partial charge on any atom is -0.378 e. The van der Waals surface area contributed by atoms with Gasteiger partial charge in [-0.3, -0.25) is 0 Å². The second-order valence-electron chi connectivity index (χ2n) is 7.74. The van der Waals surface area contributed by atoms with Crippen LogP contribution in [0.25, 0.3) is 0 Å². The largest absolute Gasteiger partial charge is 0.378 e. The minimum atomic E-state index is -0.101. The molecule has 25 heavy (non-hydrogen) atoms. The molecule has 1 aliphatic rings. The van der Waals surface area contributed by atoms with Crippen LogP contribution < -0.4 is 5.32 Å². The quantitative estimate of drug-likeness (QED) is 0.617. The molecule has 1 N–H and O–H groups in total. The van der Waals surface area contributed by atoms with Gasteiger partial charge in [-0.2, -0.15) is 0 Å². The molecule has 0 amide bonds. The van der Waals surface area contributed by atoms with E-state index in [2.05, 4.69) is 51.2 Å². The Morgan fingerprint density at radius 3 is 2.52 bits per heavy atom. The number of fused-ring (bicyclic) bond motifs is 1. The van der Waals surface area contributed by atoms with E-state index in [9.17, 15) is 4.39 Å². The summed E-state index contributed by atoms with van der Waals surface area (Å²) in [5.41, 5.74) is 4.73. The zero-order chi connectivity index (χ0) is 18.0. The van der Waals surface area contributed by atoms with Crippen molar-refractivity contribution in [1.82, 2.24) is 0 Å². The van der Waals surface area contributed by atoms with Crippen molar-refractivity contribution in [3.05, 3.63) is 65.0 Å². The van der Waals surface area contributed by atoms with Crippen LogP contribution in [0.1, 0.15) is 81.5 Å². The minimum absolute atomic E-state index is 0.0418. The molecule has 2 aromatic carbocycles. The van der Waals surface area contributed by atoms with Crippen molar-refractivity contribution in [3.63, 3.8) is 0 Å². The zero-order valence-electron chi connectivity index (χ0n) is 15.9. The van der Waals surface area contributed by atoms with Gasteiger partial charge in [0.2, 0.25) is 0 Å². The van der Waals surface area contributed by atoms with Crippen LogP contribution in [0, 0.1) is 11.7 Å². The Labute approximate surface area is 151 Å². The number of anilines is 1. The molecule has 0 saturated carbocycles. The summed E-state index contributed by atoms with van der Waals surface area (Å²) in [6, 6.07) is 14.0. The average molecular weight is 339 g/mol. The summed E-state index contributed by atoms with van der Waals surface area (Å²) in [5.74, 6) is 1.25. The Bertz CT molecular complexity index is 722. The van der Waals surface area contributed by atoms with Crippen LogP contribution in [0.4, 0.5) is 10.1 Å². The molecule has 3 rings (SSSR count). The third-order valence-corrected chi connectivity index (χ3v) is 5.75. The number of nitrogens with one attached hydrogen (secondary N) is 1. The van der Waals surface area contributed by atoms with Gasteiger partial charge in [0.1, 0.15) is 5.82 Å². The fourth-order valence-electron chi connectivity index (χ4n) is 4.13. The molecule has 0 saturated heterocycles. The van der Waals surface area contributed by atoms with Gasteiger partial charge in [-0.05, 0) is 47.4 Å². The Morgan fingerprint density at radius 1 is 1.08 bits per heavy atom. The van der Waals surface area contributed by atoms with Gasteiger partial charge in [0.05, 0.1) is 6.04 Å². The lowest BCUT2D eigenvalue weighted by atomic mass is 9.73. The first-order chi connectivity index (χ1) is 12.0. The van der Waals surface area contributed by atoms with Crippen LogP contribution in [0.15, 0.2) is 42.5 Å². The predicted octanol–water partition coefficient (Wildman–Crippen LogP) is 7.03. The maximum Gasteiger partial charge on any atom is 0.128 e. The third-order valence-electron chi connectivity index (χ3n) is 5.75. The molecule has 0 aromatic heterocycles. The molecule has 2 aromatic rings. The highest BCUT2D eigenvalue weighted by Gasteiger charge is 2.35. The fraction of sp³-hybridized carbons (Fsp3) is 0.478. The Morgan fingerprint density at radius 2 is 1.84 bits per heavy atom. The number of benzene rings is 2. The standard InChI is InChI=1S/C23H30FN/c1-5-6-9-18-16(4)20-14-17(15(2)3)12-13-22(20)25-23(18)19-10-7-8-11-21(19)24/h7-8,10-16,18,23,25H,5-6,9H2,1-4H3/t16-,18+,23+/m0/s1. The van der Waals surface area contributed by atoms with Gasteiger partial charge in [0, 0.05) is 11.3 Å². The molecular formula is C23H30FN. The third kappa shape index (κ3) is 3.58. The first kappa shape index (κ1) is 18.0. The van der Waals surface area contributed by atoms with Crippen molar-refractivity contribution in [2.75, 3.05) is 5.32 Å². The van der Waals surface area contributed by atoms with Crippen molar-refractivity contribution in [2.24, 2.45) is 5.92 Å². The van der Waals surface area contributed by atoms with Gasteiger partial charge in [-0.1, -0.05) is 70.9 Å². The first-order valence-corrected chi connectivity index (χ1v) is 9.67. The Hall–Kier alpha value is -1.83. The van der Waals surface area contributed by atoms with E-state index >= 15 is 0 Å². The van der Waals surface area contributed by atoms with Gasteiger partial charge >= 0.3 is 0 Å². The molecule has 0 bridgehead atoms. The molecule has 3 atom stereocenters. The molecule has 1 aliphatic heterocycles. The SMILES string of the molecule is CCCC[C@@H]1[C@H](C)c2cc(C(C)C)ccc2N[C@H]1c1ccccc1F. The summed E-state index contributed by atoms with van der Waals surface area (Å²) >= 11 is 0. The Kier molecular flexibility index (Phi) is 5.46. The van der Waals surface area contributed by atoms with Crippen molar-refractivity contribution < 1.29 is 4.39 Å². The highest BCUT2D eigenvalue weighted by molar-refractivity contribution is 5.59. The molecule has 1 heterocycles. The van der Waals surface area contributed by atoms with Crippen LogP contribution in [0.3, 0.4) is 0 Å². The molecule has 134 valence electrons. The highest BCUT2D eigenvalue weighted by atomic mass is 19.1. The number of hydrogen-bond acceptors (Lipinski definition) is 1. The van der Waals surface area contributed by atoms with Crippen LogP contribution in [0.2, 0.25) is 0 Å². The van der Waals surface area contributed by atoms with Crippen molar-refractivity contribution in [3.8, 4) is 0 Å². The number of halogens is 1. The van der Waals surface area contributed by atoms with Crippen molar-refractivity contribution >= 4 is 5.69 Å². The van der Waals surface area contributed by atoms with Gasteiger partial charge < -0.3 is 5.32 Å². The Balaban J connectivity index is 2.03. The topological polar surface area (TPSA) is 12.0 Å². The van der Waals surface area contributed by atoms with Crippen LogP contribution >= 0.6 is 0 Å².